The van der Waals surface area contributed by atoms with Crippen molar-refractivity contribution >= 4 is 28.5 Å². The van der Waals surface area contributed by atoms with E-state index in [2.05, 4.69) is 37.5 Å². The van der Waals surface area contributed by atoms with E-state index in [1.54, 1.807) is 6.26 Å². The van der Waals surface area contributed by atoms with E-state index in [0.29, 0.717) is 5.92 Å². The van der Waals surface area contributed by atoms with Gasteiger partial charge in [0.05, 0.1) is 19.2 Å². The van der Waals surface area contributed by atoms with Crippen LogP contribution in [0.25, 0.3) is 11.0 Å². The molecule has 0 radical (unpaired) electrons. The lowest BCUT2D eigenvalue weighted by Crippen LogP contribution is -2.34. The van der Waals surface area contributed by atoms with E-state index >= 15 is 0 Å². The number of carbonyl (C=O) groups is 2. The van der Waals surface area contributed by atoms with E-state index in [4.69, 9.17) is 4.42 Å². The lowest BCUT2D eigenvalue weighted by atomic mass is 9.95. The molecule has 1 heterocycles. The standard InChI is InChI=1S/C25H30N2O3/c1-14(2)20-11-21-19(13-30-22(21)9-16(20)4)10-23(28)26-12-24(29)27-25-17(5)7-15(3)8-18(25)6/h7-9,11,13-14H,10,12H2,1-6H3,(H,26,28)(H,27,29). The molecule has 0 saturated carbocycles. The fourth-order valence-electron chi connectivity index (χ4n) is 3.98. The Labute approximate surface area is 177 Å². The van der Waals surface area contributed by atoms with Crippen molar-refractivity contribution in [2.45, 2.75) is 53.9 Å². The highest BCUT2D eigenvalue weighted by molar-refractivity contribution is 5.96. The minimum atomic E-state index is -0.242. The van der Waals surface area contributed by atoms with Crippen molar-refractivity contribution in [1.82, 2.24) is 5.32 Å². The van der Waals surface area contributed by atoms with Crippen molar-refractivity contribution < 1.29 is 14.0 Å². The summed E-state index contributed by atoms with van der Waals surface area (Å²) in [6.07, 6.45) is 1.80. The second-order valence-corrected chi connectivity index (χ2v) is 8.40. The summed E-state index contributed by atoms with van der Waals surface area (Å²) in [5.74, 6) is -0.0617. The summed E-state index contributed by atoms with van der Waals surface area (Å²) in [6.45, 7) is 12.2. The molecule has 30 heavy (non-hydrogen) atoms. The Hall–Kier alpha value is -3.08. The molecule has 0 fully saturated rings. The average molecular weight is 407 g/mol. The summed E-state index contributed by atoms with van der Waals surface area (Å²) in [4.78, 5) is 24.8. The zero-order valence-electron chi connectivity index (χ0n) is 18.6. The highest BCUT2D eigenvalue weighted by atomic mass is 16.3. The maximum atomic E-state index is 12.4. The Bertz CT molecular complexity index is 1090. The molecule has 3 rings (SSSR count). The van der Waals surface area contributed by atoms with Gasteiger partial charge >= 0.3 is 0 Å². The van der Waals surface area contributed by atoms with E-state index in [0.717, 1.165) is 38.9 Å². The number of aryl methyl sites for hydroxylation is 4. The Morgan fingerprint density at radius 1 is 0.933 bits per heavy atom. The smallest absolute Gasteiger partial charge is 0.243 e. The molecule has 0 unspecified atom stereocenters. The van der Waals surface area contributed by atoms with Crippen LogP contribution in [0.2, 0.25) is 0 Å². The highest BCUT2D eigenvalue weighted by Gasteiger charge is 2.15. The maximum absolute atomic E-state index is 12.4. The Morgan fingerprint density at radius 3 is 2.23 bits per heavy atom. The lowest BCUT2D eigenvalue weighted by Gasteiger charge is -2.13. The van der Waals surface area contributed by atoms with E-state index in [9.17, 15) is 9.59 Å². The van der Waals surface area contributed by atoms with Gasteiger partial charge in [0.25, 0.3) is 0 Å². The monoisotopic (exact) mass is 406 g/mol. The van der Waals surface area contributed by atoms with Gasteiger partial charge in [-0.2, -0.15) is 0 Å². The third-order valence-electron chi connectivity index (χ3n) is 5.40. The molecule has 158 valence electrons. The summed E-state index contributed by atoms with van der Waals surface area (Å²) in [7, 11) is 0. The molecule has 0 bridgehead atoms. The molecular weight excluding hydrogens is 376 g/mol. The maximum Gasteiger partial charge on any atom is 0.243 e. The third kappa shape index (κ3) is 4.73. The molecule has 0 spiro atoms. The van der Waals surface area contributed by atoms with E-state index in [-0.39, 0.29) is 24.8 Å². The Kier molecular flexibility index (Phi) is 6.30. The fraction of sp³-hybridized carbons (Fsp3) is 0.360. The van der Waals surface area contributed by atoms with Crippen molar-refractivity contribution in [3.8, 4) is 0 Å². The number of hydrogen-bond donors (Lipinski definition) is 2. The normalized spacial score (nSPS) is 11.2. The number of benzene rings is 2. The van der Waals surface area contributed by atoms with Gasteiger partial charge in [0.1, 0.15) is 5.58 Å². The summed E-state index contributed by atoms with van der Waals surface area (Å²) < 4.78 is 5.65. The number of amides is 2. The molecule has 2 N–H and O–H groups in total. The van der Waals surface area contributed by atoms with Crippen molar-refractivity contribution in [2.24, 2.45) is 0 Å². The number of rotatable bonds is 6. The summed E-state index contributed by atoms with van der Waals surface area (Å²) in [5, 5.41) is 6.57. The van der Waals surface area contributed by atoms with Gasteiger partial charge in [0.15, 0.2) is 0 Å². The second kappa shape index (κ2) is 8.74. The van der Waals surface area contributed by atoms with Gasteiger partial charge in [-0.15, -0.1) is 0 Å². The topological polar surface area (TPSA) is 71.3 Å². The van der Waals surface area contributed by atoms with Crippen LogP contribution in [0.5, 0.6) is 0 Å². The van der Waals surface area contributed by atoms with Crippen LogP contribution in [0.4, 0.5) is 5.69 Å². The molecule has 5 nitrogen and oxygen atoms in total. The van der Waals surface area contributed by atoms with Gasteiger partial charge in [-0.1, -0.05) is 31.5 Å². The highest BCUT2D eigenvalue weighted by Crippen LogP contribution is 2.29. The first kappa shape index (κ1) is 21.6. The van der Waals surface area contributed by atoms with Crippen LogP contribution < -0.4 is 10.6 Å². The first-order valence-electron chi connectivity index (χ1n) is 10.3. The SMILES string of the molecule is Cc1cc(C)c(NC(=O)CNC(=O)Cc2coc3cc(C)c(C(C)C)cc23)c(C)c1. The fourth-order valence-corrected chi connectivity index (χ4v) is 3.98. The number of furan rings is 1. The van der Waals surface area contributed by atoms with Gasteiger partial charge in [-0.05, 0) is 68.0 Å². The summed E-state index contributed by atoms with van der Waals surface area (Å²) in [6, 6.07) is 8.18. The van der Waals surface area contributed by atoms with Gasteiger partial charge in [-0.3, -0.25) is 9.59 Å². The molecule has 0 aliphatic carbocycles. The number of carbonyl (C=O) groups excluding carboxylic acids is 2. The second-order valence-electron chi connectivity index (χ2n) is 8.40. The molecule has 0 atom stereocenters. The largest absolute Gasteiger partial charge is 0.464 e. The number of fused-ring (bicyclic) bond motifs is 1. The van der Waals surface area contributed by atoms with Gasteiger partial charge < -0.3 is 15.1 Å². The molecule has 2 amide bonds. The van der Waals surface area contributed by atoms with Crippen molar-refractivity contribution in [3.63, 3.8) is 0 Å². The van der Waals surface area contributed by atoms with Crippen LogP contribution >= 0.6 is 0 Å². The van der Waals surface area contributed by atoms with Crippen LogP contribution in [0.15, 0.2) is 34.9 Å². The van der Waals surface area contributed by atoms with Crippen LogP contribution in [0.1, 0.15) is 53.1 Å². The van der Waals surface area contributed by atoms with Crippen molar-refractivity contribution in [3.05, 3.63) is 63.9 Å². The van der Waals surface area contributed by atoms with Crippen LogP contribution in [0.3, 0.4) is 0 Å². The number of hydrogen-bond acceptors (Lipinski definition) is 3. The van der Waals surface area contributed by atoms with Crippen molar-refractivity contribution in [2.75, 3.05) is 11.9 Å². The van der Waals surface area contributed by atoms with Crippen LogP contribution in [-0.4, -0.2) is 18.4 Å². The molecular formula is C25H30N2O3. The summed E-state index contributed by atoms with van der Waals surface area (Å²) >= 11 is 0. The van der Waals surface area contributed by atoms with E-state index in [1.807, 2.05) is 39.0 Å². The predicted molar refractivity (Wildman–Crippen MR) is 121 cm³/mol. The third-order valence-corrected chi connectivity index (χ3v) is 5.40. The predicted octanol–water partition coefficient (Wildman–Crippen LogP) is 5.09. The van der Waals surface area contributed by atoms with Crippen LogP contribution in [0, 0.1) is 27.7 Å². The van der Waals surface area contributed by atoms with E-state index in [1.165, 1.54) is 11.1 Å². The first-order chi connectivity index (χ1) is 14.2. The van der Waals surface area contributed by atoms with Crippen molar-refractivity contribution in [1.29, 1.82) is 0 Å². The molecule has 0 aliphatic rings. The quantitative estimate of drug-likeness (QED) is 0.599. The van der Waals surface area contributed by atoms with Crippen LogP contribution in [-0.2, 0) is 16.0 Å². The Balaban J connectivity index is 1.64. The van der Waals surface area contributed by atoms with E-state index < -0.39 is 0 Å². The van der Waals surface area contributed by atoms with Gasteiger partial charge in [-0.25, -0.2) is 0 Å². The molecule has 2 aromatic carbocycles. The lowest BCUT2D eigenvalue weighted by molar-refractivity contribution is -0.123. The van der Waals surface area contributed by atoms with Gasteiger partial charge in [0.2, 0.25) is 11.8 Å². The van der Waals surface area contributed by atoms with Gasteiger partial charge in [0, 0.05) is 16.6 Å². The minimum Gasteiger partial charge on any atom is -0.464 e. The average Bonchev–Trinajstić information content (AvgIpc) is 3.03. The molecule has 5 heteroatoms. The summed E-state index contributed by atoms with van der Waals surface area (Å²) in [5.41, 5.74) is 8.01. The first-order valence-corrected chi connectivity index (χ1v) is 10.3. The molecule has 0 aliphatic heterocycles. The Morgan fingerprint density at radius 2 is 1.60 bits per heavy atom. The molecule has 1 aromatic heterocycles. The molecule has 3 aromatic rings. The minimum absolute atomic E-state index is 0.0717. The number of nitrogens with one attached hydrogen (secondary N) is 2. The number of anilines is 1. The zero-order chi connectivity index (χ0) is 22.0. The zero-order valence-corrected chi connectivity index (χ0v) is 18.6. The molecule has 0 saturated heterocycles.